The zero-order valence-corrected chi connectivity index (χ0v) is 10.7. The number of aryl methyl sites for hydroxylation is 2. The molecule has 0 amide bonds. The summed E-state index contributed by atoms with van der Waals surface area (Å²) < 4.78 is 1.90. The van der Waals surface area contributed by atoms with Gasteiger partial charge in [0.25, 0.3) is 0 Å². The molecular formula is C12H18N6. The Balaban J connectivity index is 2.18. The van der Waals surface area contributed by atoms with Gasteiger partial charge in [0.2, 0.25) is 0 Å². The van der Waals surface area contributed by atoms with Crippen molar-refractivity contribution >= 4 is 0 Å². The number of rotatable bonds is 5. The second-order valence-corrected chi connectivity index (χ2v) is 4.20. The fourth-order valence-corrected chi connectivity index (χ4v) is 1.91. The first-order valence-electron chi connectivity index (χ1n) is 5.97. The van der Waals surface area contributed by atoms with Gasteiger partial charge in [-0.15, -0.1) is 0 Å². The first-order chi connectivity index (χ1) is 8.74. The average Bonchev–Trinajstić information content (AvgIpc) is 2.77. The van der Waals surface area contributed by atoms with Gasteiger partial charge in [0.15, 0.2) is 0 Å². The highest BCUT2D eigenvalue weighted by atomic mass is 15.3. The van der Waals surface area contributed by atoms with E-state index < -0.39 is 0 Å². The summed E-state index contributed by atoms with van der Waals surface area (Å²) in [6.45, 7) is 2.09. The smallest absolute Gasteiger partial charge is 0.115 e. The van der Waals surface area contributed by atoms with Gasteiger partial charge < -0.3 is 0 Å². The fraction of sp³-hybridized carbons (Fsp3) is 0.417. The molecule has 6 nitrogen and oxygen atoms in total. The molecule has 0 aliphatic carbocycles. The third-order valence-corrected chi connectivity index (χ3v) is 2.99. The predicted octanol–water partition coefficient (Wildman–Crippen LogP) is 0.520. The molecule has 0 radical (unpaired) electrons. The van der Waals surface area contributed by atoms with E-state index in [0.29, 0.717) is 0 Å². The molecule has 96 valence electrons. The number of aromatic nitrogens is 4. The lowest BCUT2D eigenvalue weighted by Gasteiger charge is -2.15. The van der Waals surface area contributed by atoms with Crippen molar-refractivity contribution in [3.05, 3.63) is 41.7 Å². The maximum absolute atomic E-state index is 5.61. The van der Waals surface area contributed by atoms with Gasteiger partial charge in [0.1, 0.15) is 6.33 Å². The molecule has 2 aromatic rings. The van der Waals surface area contributed by atoms with E-state index in [4.69, 9.17) is 5.84 Å². The van der Waals surface area contributed by atoms with Gasteiger partial charge in [-0.1, -0.05) is 6.92 Å². The zero-order valence-electron chi connectivity index (χ0n) is 10.7. The molecule has 0 bridgehead atoms. The first-order valence-corrected chi connectivity index (χ1v) is 5.97. The van der Waals surface area contributed by atoms with Crippen LogP contribution in [0.15, 0.2) is 24.8 Å². The van der Waals surface area contributed by atoms with Crippen LogP contribution < -0.4 is 11.3 Å². The van der Waals surface area contributed by atoms with Crippen LogP contribution in [0.4, 0.5) is 0 Å². The Morgan fingerprint density at radius 1 is 1.39 bits per heavy atom. The van der Waals surface area contributed by atoms with Crippen LogP contribution >= 0.6 is 0 Å². The van der Waals surface area contributed by atoms with Crippen molar-refractivity contribution in [2.45, 2.75) is 25.8 Å². The minimum atomic E-state index is -0.00805. The lowest BCUT2D eigenvalue weighted by Crippen LogP contribution is -2.30. The maximum atomic E-state index is 5.61. The van der Waals surface area contributed by atoms with Crippen molar-refractivity contribution in [3.8, 4) is 0 Å². The minimum absolute atomic E-state index is 0.00805. The van der Waals surface area contributed by atoms with Crippen LogP contribution in [-0.4, -0.2) is 19.7 Å². The number of hydrogen-bond acceptors (Lipinski definition) is 5. The van der Waals surface area contributed by atoms with Crippen molar-refractivity contribution in [3.63, 3.8) is 0 Å². The molecule has 1 atom stereocenters. The number of hydrazine groups is 1. The van der Waals surface area contributed by atoms with Crippen molar-refractivity contribution in [1.29, 1.82) is 0 Å². The van der Waals surface area contributed by atoms with Crippen molar-refractivity contribution < 1.29 is 0 Å². The SMILES string of the molecule is CCc1cc(CC(NN)c2cncnc2)n(C)n1. The molecule has 2 rings (SSSR count). The molecule has 0 aliphatic heterocycles. The van der Waals surface area contributed by atoms with Gasteiger partial charge in [-0.05, 0) is 12.5 Å². The van der Waals surface area contributed by atoms with E-state index in [0.717, 1.165) is 29.8 Å². The van der Waals surface area contributed by atoms with E-state index in [1.54, 1.807) is 12.4 Å². The highest BCUT2D eigenvalue weighted by Gasteiger charge is 2.14. The largest absolute Gasteiger partial charge is 0.272 e. The second kappa shape index (κ2) is 5.70. The van der Waals surface area contributed by atoms with E-state index in [1.165, 1.54) is 6.33 Å². The molecule has 2 aromatic heterocycles. The first kappa shape index (κ1) is 12.7. The van der Waals surface area contributed by atoms with Crippen LogP contribution in [-0.2, 0) is 19.9 Å². The molecule has 0 aromatic carbocycles. The molecule has 0 fully saturated rings. The van der Waals surface area contributed by atoms with Crippen molar-refractivity contribution in [1.82, 2.24) is 25.2 Å². The van der Waals surface area contributed by atoms with Gasteiger partial charge in [0.05, 0.1) is 11.7 Å². The molecule has 0 spiro atoms. The molecule has 0 saturated heterocycles. The maximum Gasteiger partial charge on any atom is 0.115 e. The summed E-state index contributed by atoms with van der Waals surface area (Å²) in [7, 11) is 1.95. The topological polar surface area (TPSA) is 81.6 Å². The molecule has 2 heterocycles. The van der Waals surface area contributed by atoms with Gasteiger partial charge in [-0.25, -0.2) is 9.97 Å². The van der Waals surface area contributed by atoms with Gasteiger partial charge in [0, 0.05) is 37.1 Å². The lowest BCUT2D eigenvalue weighted by atomic mass is 10.1. The van der Waals surface area contributed by atoms with Gasteiger partial charge in [-0.2, -0.15) is 5.10 Å². The zero-order chi connectivity index (χ0) is 13.0. The van der Waals surface area contributed by atoms with Crippen LogP contribution in [0, 0.1) is 0 Å². The Kier molecular flexibility index (Phi) is 4.01. The molecule has 0 saturated carbocycles. The Hall–Kier alpha value is -1.79. The molecule has 6 heteroatoms. The highest BCUT2D eigenvalue weighted by Crippen LogP contribution is 2.16. The van der Waals surface area contributed by atoms with E-state index >= 15 is 0 Å². The molecule has 3 N–H and O–H groups in total. The number of nitrogens with two attached hydrogens (primary N) is 1. The summed E-state index contributed by atoms with van der Waals surface area (Å²) in [6.07, 6.45) is 6.75. The molecule has 18 heavy (non-hydrogen) atoms. The normalized spacial score (nSPS) is 12.6. The van der Waals surface area contributed by atoms with E-state index in [1.807, 2.05) is 11.7 Å². The summed E-state index contributed by atoms with van der Waals surface area (Å²) in [5.74, 6) is 5.61. The van der Waals surface area contributed by atoms with E-state index in [9.17, 15) is 0 Å². The summed E-state index contributed by atoms with van der Waals surface area (Å²) >= 11 is 0. The molecular weight excluding hydrogens is 228 g/mol. The van der Waals surface area contributed by atoms with Crippen molar-refractivity contribution in [2.24, 2.45) is 12.9 Å². The van der Waals surface area contributed by atoms with Gasteiger partial charge in [-0.3, -0.25) is 16.0 Å². The number of nitrogens with zero attached hydrogens (tertiary/aromatic N) is 4. The van der Waals surface area contributed by atoms with Crippen LogP contribution in [0.25, 0.3) is 0 Å². The quantitative estimate of drug-likeness (QED) is 0.593. The van der Waals surface area contributed by atoms with E-state index in [-0.39, 0.29) is 6.04 Å². The third kappa shape index (κ3) is 2.72. The lowest BCUT2D eigenvalue weighted by molar-refractivity contribution is 0.527. The fourth-order valence-electron chi connectivity index (χ4n) is 1.91. The number of hydrogen-bond donors (Lipinski definition) is 2. The Morgan fingerprint density at radius 2 is 2.11 bits per heavy atom. The summed E-state index contributed by atoms with van der Waals surface area (Å²) in [6, 6.07) is 2.10. The number of nitrogens with one attached hydrogen (secondary N) is 1. The summed E-state index contributed by atoms with van der Waals surface area (Å²) in [5.41, 5.74) is 6.00. The monoisotopic (exact) mass is 246 g/mol. The molecule has 1 unspecified atom stereocenters. The predicted molar refractivity (Wildman–Crippen MR) is 68.4 cm³/mol. The Morgan fingerprint density at radius 3 is 2.67 bits per heavy atom. The van der Waals surface area contributed by atoms with Crippen molar-refractivity contribution in [2.75, 3.05) is 0 Å². The Labute approximate surface area is 106 Å². The van der Waals surface area contributed by atoms with Gasteiger partial charge >= 0.3 is 0 Å². The van der Waals surface area contributed by atoms with Crippen LogP contribution in [0.3, 0.4) is 0 Å². The van der Waals surface area contributed by atoms with E-state index in [2.05, 4.69) is 33.5 Å². The third-order valence-electron chi connectivity index (χ3n) is 2.99. The minimum Gasteiger partial charge on any atom is -0.272 e. The summed E-state index contributed by atoms with van der Waals surface area (Å²) in [4.78, 5) is 8.02. The second-order valence-electron chi connectivity index (χ2n) is 4.20. The highest BCUT2D eigenvalue weighted by molar-refractivity contribution is 5.16. The molecule has 0 aliphatic rings. The van der Waals surface area contributed by atoms with Crippen LogP contribution in [0.5, 0.6) is 0 Å². The standard InChI is InChI=1S/C12H18N6/c1-3-10-4-11(18(2)17-10)5-12(16-13)9-6-14-8-15-7-9/h4,6-8,12,16H,3,5,13H2,1-2H3. The van der Waals surface area contributed by atoms with Crippen LogP contribution in [0.1, 0.15) is 29.9 Å². The van der Waals surface area contributed by atoms with Crippen LogP contribution in [0.2, 0.25) is 0 Å². The summed E-state index contributed by atoms with van der Waals surface area (Å²) in [5, 5.41) is 4.43. The average molecular weight is 246 g/mol. The Bertz CT molecular complexity index is 493.